The van der Waals surface area contributed by atoms with E-state index in [1.54, 1.807) is 6.92 Å². The maximum Gasteiger partial charge on any atom is 0.323 e. The van der Waals surface area contributed by atoms with Gasteiger partial charge in [-0.15, -0.1) is 0 Å². The largest absolute Gasteiger partial charge is 0.465 e. The third kappa shape index (κ3) is 3.30. The Morgan fingerprint density at radius 1 is 1.53 bits per heavy atom. The minimum absolute atomic E-state index is 0.199. The van der Waals surface area contributed by atoms with Gasteiger partial charge < -0.3 is 4.74 Å². The summed E-state index contributed by atoms with van der Waals surface area (Å²) in [4.78, 5) is 24.8. The van der Waals surface area contributed by atoms with Crippen LogP contribution in [0.25, 0.3) is 0 Å². The third-order valence-corrected chi connectivity index (χ3v) is 2.67. The Labute approximate surface area is 90.6 Å². The number of carbonyl (C=O) groups is 2. The van der Waals surface area contributed by atoms with Crippen LogP contribution in [-0.2, 0) is 14.3 Å². The van der Waals surface area contributed by atoms with Crippen molar-refractivity contribution in [1.82, 2.24) is 4.90 Å². The summed E-state index contributed by atoms with van der Waals surface area (Å²) in [6.45, 7) is 5.37. The maximum absolute atomic E-state index is 11.6. The van der Waals surface area contributed by atoms with Crippen molar-refractivity contribution >= 4 is 11.8 Å². The van der Waals surface area contributed by atoms with Gasteiger partial charge >= 0.3 is 5.97 Å². The first-order valence-electron chi connectivity index (χ1n) is 5.61. The monoisotopic (exact) mass is 213 g/mol. The van der Waals surface area contributed by atoms with Crippen LogP contribution in [0.3, 0.4) is 0 Å². The van der Waals surface area contributed by atoms with Gasteiger partial charge in [0.1, 0.15) is 11.8 Å². The number of piperidine rings is 1. The molecule has 0 aromatic carbocycles. The van der Waals surface area contributed by atoms with E-state index in [4.69, 9.17) is 4.74 Å². The van der Waals surface area contributed by atoms with E-state index in [0.717, 1.165) is 13.0 Å². The molecule has 1 aliphatic rings. The molecular weight excluding hydrogens is 194 g/mol. The van der Waals surface area contributed by atoms with E-state index in [2.05, 4.69) is 0 Å². The van der Waals surface area contributed by atoms with Gasteiger partial charge in [0.15, 0.2) is 0 Å². The van der Waals surface area contributed by atoms with Crippen molar-refractivity contribution < 1.29 is 14.3 Å². The molecule has 0 aliphatic carbocycles. The number of Topliss-reactive ketones (excluding diaryl/α,β-unsaturated/α-hetero) is 1. The first-order chi connectivity index (χ1) is 7.19. The van der Waals surface area contributed by atoms with Gasteiger partial charge in [-0.25, -0.2) is 0 Å². The summed E-state index contributed by atoms with van der Waals surface area (Å²) in [5.41, 5.74) is 0. The van der Waals surface area contributed by atoms with Crippen LogP contribution in [0.15, 0.2) is 0 Å². The van der Waals surface area contributed by atoms with Crippen LogP contribution < -0.4 is 0 Å². The predicted molar refractivity (Wildman–Crippen MR) is 56.5 cm³/mol. The number of nitrogens with zero attached hydrogens (tertiary/aromatic N) is 1. The van der Waals surface area contributed by atoms with Gasteiger partial charge in [0, 0.05) is 6.42 Å². The van der Waals surface area contributed by atoms with E-state index < -0.39 is 0 Å². The van der Waals surface area contributed by atoms with Crippen LogP contribution in [0.5, 0.6) is 0 Å². The molecule has 15 heavy (non-hydrogen) atoms. The number of rotatable bonds is 4. The van der Waals surface area contributed by atoms with Gasteiger partial charge in [0.2, 0.25) is 0 Å². The molecule has 0 aromatic heterocycles. The zero-order valence-corrected chi connectivity index (χ0v) is 9.49. The molecular formula is C11H19NO3. The Balaban J connectivity index is 2.56. The molecule has 0 amide bonds. The Morgan fingerprint density at radius 2 is 2.27 bits per heavy atom. The van der Waals surface area contributed by atoms with E-state index in [0.29, 0.717) is 26.0 Å². The van der Waals surface area contributed by atoms with Crippen LogP contribution in [0.1, 0.15) is 33.1 Å². The molecule has 1 rings (SSSR count). The summed E-state index contributed by atoms with van der Waals surface area (Å²) in [7, 11) is 0. The smallest absolute Gasteiger partial charge is 0.323 e. The number of hydrogen-bond donors (Lipinski definition) is 0. The highest BCUT2D eigenvalue weighted by molar-refractivity contribution is 5.83. The van der Waals surface area contributed by atoms with Crippen molar-refractivity contribution in [2.75, 3.05) is 19.7 Å². The van der Waals surface area contributed by atoms with Crippen LogP contribution in [0.4, 0.5) is 0 Å². The number of carbonyl (C=O) groups excluding carboxylic acids is 2. The maximum atomic E-state index is 11.6. The number of ketones is 1. The van der Waals surface area contributed by atoms with Crippen molar-refractivity contribution in [1.29, 1.82) is 0 Å². The average Bonchev–Trinajstić information content (AvgIpc) is 2.19. The fourth-order valence-corrected chi connectivity index (χ4v) is 1.94. The Morgan fingerprint density at radius 3 is 2.80 bits per heavy atom. The van der Waals surface area contributed by atoms with E-state index in [-0.39, 0.29) is 17.8 Å². The standard InChI is InChI=1S/C11H19NO3/c1-3-10(11(14)15-4-2)12-7-5-6-9(13)8-12/h10H,3-8H2,1-2H3. The molecule has 4 nitrogen and oxygen atoms in total. The van der Waals surface area contributed by atoms with E-state index in [9.17, 15) is 9.59 Å². The van der Waals surface area contributed by atoms with Gasteiger partial charge in [-0.05, 0) is 26.3 Å². The zero-order valence-electron chi connectivity index (χ0n) is 9.49. The number of ether oxygens (including phenoxy) is 1. The Kier molecular flexibility index (Phi) is 4.75. The summed E-state index contributed by atoms with van der Waals surface area (Å²) < 4.78 is 4.99. The van der Waals surface area contributed by atoms with Crippen LogP contribution in [0.2, 0.25) is 0 Å². The van der Waals surface area contributed by atoms with E-state index >= 15 is 0 Å². The molecule has 1 aliphatic heterocycles. The molecule has 1 unspecified atom stereocenters. The lowest BCUT2D eigenvalue weighted by molar-refractivity contribution is -0.150. The average molecular weight is 213 g/mol. The number of esters is 1. The van der Waals surface area contributed by atoms with Crippen molar-refractivity contribution in [2.24, 2.45) is 0 Å². The molecule has 0 radical (unpaired) electrons. The molecule has 1 atom stereocenters. The first-order valence-corrected chi connectivity index (χ1v) is 5.61. The predicted octanol–water partition coefficient (Wildman–Crippen LogP) is 0.993. The van der Waals surface area contributed by atoms with Gasteiger partial charge in [-0.2, -0.15) is 0 Å². The highest BCUT2D eigenvalue weighted by Crippen LogP contribution is 2.13. The second kappa shape index (κ2) is 5.85. The van der Waals surface area contributed by atoms with E-state index in [1.807, 2.05) is 11.8 Å². The van der Waals surface area contributed by atoms with Gasteiger partial charge in [0.05, 0.1) is 13.2 Å². The molecule has 1 saturated heterocycles. The van der Waals surface area contributed by atoms with Crippen LogP contribution >= 0.6 is 0 Å². The fourth-order valence-electron chi connectivity index (χ4n) is 1.94. The molecule has 0 saturated carbocycles. The summed E-state index contributed by atoms with van der Waals surface area (Å²) in [5.74, 6) is 0.0266. The lowest BCUT2D eigenvalue weighted by Crippen LogP contribution is -2.47. The van der Waals surface area contributed by atoms with Gasteiger partial charge in [-0.1, -0.05) is 6.92 Å². The lowest BCUT2D eigenvalue weighted by atomic mass is 10.1. The van der Waals surface area contributed by atoms with Crippen molar-refractivity contribution in [3.63, 3.8) is 0 Å². The molecule has 0 N–H and O–H groups in total. The van der Waals surface area contributed by atoms with E-state index in [1.165, 1.54) is 0 Å². The summed E-state index contributed by atoms with van der Waals surface area (Å²) >= 11 is 0. The van der Waals surface area contributed by atoms with Crippen LogP contribution in [0, 0.1) is 0 Å². The molecule has 1 fully saturated rings. The van der Waals surface area contributed by atoms with Crippen molar-refractivity contribution in [3.8, 4) is 0 Å². The SMILES string of the molecule is CCOC(=O)C(CC)N1CCCC(=O)C1. The quantitative estimate of drug-likeness (QED) is 0.653. The van der Waals surface area contributed by atoms with Gasteiger partial charge in [-0.3, -0.25) is 14.5 Å². The second-order valence-corrected chi connectivity index (χ2v) is 3.79. The van der Waals surface area contributed by atoms with Crippen molar-refractivity contribution in [3.05, 3.63) is 0 Å². The summed E-state index contributed by atoms with van der Waals surface area (Å²) in [6, 6.07) is -0.241. The highest BCUT2D eigenvalue weighted by Gasteiger charge is 2.28. The van der Waals surface area contributed by atoms with Crippen LogP contribution in [-0.4, -0.2) is 42.4 Å². The van der Waals surface area contributed by atoms with Gasteiger partial charge in [0.25, 0.3) is 0 Å². The molecule has 0 bridgehead atoms. The fraction of sp³-hybridized carbons (Fsp3) is 0.818. The molecule has 4 heteroatoms. The minimum atomic E-state index is -0.241. The molecule has 0 spiro atoms. The third-order valence-electron chi connectivity index (χ3n) is 2.67. The topological polar surface area (TPSA) is 46.6 Å². The zero-order chi connectivity index (χ0) is 11.3. The molecule has 0 aromatic rings. The number of likely N-dealkylation sites (tertiary alicyclic amines) is 1. The molecule has 86 valence electrons. The first kappa shape index (κ1) is 12.2. The molecule has 1 heterocycles. The Bertz CT molecular complexity index is 240. The summed E-state index contributed by atoms with van der Waals surface area (Å²) in [6.07, 6.45) is 2.20. The minimum Gasteiger partial charge on any atom is -0.465 e. The summed E-state index contributed by atoms with van der Waals surface area (Å²) in [5, 5.41) is 0. The normalized spacial score (nSPS) is 20.0. The Hall–Kier alpha value is -0.900. The lowest BCUT2D eigenvalue weighted by Gasteiger charge is -2.31. The second-order valence-electron chi connectivity index (χ2n) is 3.79. The van der Waals surface area contributed by atoms with Crippen molar-refractivity contribution in [2.45, 2.75) is 39.2 Å². The number of hydrogen-bond acceptors (Lipinski definition) is 4. The highest BCUT2D eigenvalue weighted by atomic mass is 16.5.